The highest BCUT2D eigenvalue weighted by Gasteiger charge is 2.08. The van der Waals surface area contributed by atoms with Gasteiger partial charge in [-0.25, -0.2) is 9.97 Å². The number of aromatic nitrogens is 2. The fraction of sp³-hybridized carbons (Fsp3) is 0.636. The Balaban J connectivity index is 2.68. The number of hydrogen-bond acceptors (Lipinski definition) is 5. The first-order valence-corrected chi connectivity index (χ1v) is 6.73. The summed E-state index contributed by atoms with van der Waals surface area (Å²) in [5.41, 5.74) is 0.960. The molecular formula is C11H19N3OS. The minimum atomic E-state index is 0.196. The molecule has 4 nitrogen and oxygen atoms in total. The zero-order valence-electron chi connectivity index (χ0n) is 10.0. The van der Waals surface area contributed by atoms with E-state index in [1.807, 2.05) is 19.9 Å². The summed E-state index contributed by atoms with van der Waals surface area (Å²) in [7, 11) is 0. The molecule has 0 amide bonds. The average molecular weight is 241 g/mol. The van der Waals surface area contributed by atoms with Crippen molar-refractivity contribution in [3.8, 4) is 0 Å². The summed E-state index contributed by atoms with van der Waals surface area (Å²) in [6, 6.07) is 2.19. The molecule has 5 heteroatoms. The Morgan fingerprint density at radius 2 is 2.19 bits per heavy atom. The summed E-state index contributed by atoms with van der Waals surface area (Å²) >= 11 is 1.76. The van der Waals surface area contributed by atoms with Crippen molar-refractivity contribution < 1.29 is 5.11 Å². The fourth-order valence-electron chi connectivity index (χ4n) is 1.55. The molecule has 0 aromatic carbocycles. The predicted molar refractivity (Wildman–Crippen MR) is 69.0 cm³/mol. The van der Waals surface area contributed by atoms with E-state index in [0.29, 0.717) is 0 Å². The zero-order chi connectivity index (χ0) is 12.0. The lowest BCUT2D eigenvalue weighted by Crippen LogP contribution is -2.24. The van der Waals surface area contributed by atoms with Crippen LogP contribution in [-0.2, 0) is 0 Å². The van der Waals surface area contributed by atoms with Crippen molar-refractivity contribution in [3.63, 3.8) is 0 Å². The maximum atomic E-state index is 8.97. The molecular weight excluding hydrogens is 222 g/mol. The van der Waals surface area contributed by atoms with E-state index in [9.17, 15) is 0 Å². The number of thioether (sulfide) groups is 1. The molecule has 0 spiro atoms. The first kappa shape index (κ1) is 13.3. The van der Waals surface area contributed by atoms with Crippen LogP contribution in [0.2, 0.25) is 0 Å². The third kappa shape index (κ3) is 4.37. The lowest BCUT2D eigenvalue weighted by molar-refractivity contribution is 0.282. The highest BCUT2D eigenvalue weighted by atomic mass is 32.2. The Kier molecular flexibility index (Phi) is 5.55. The molecule has 16 heavy (non-hydrogen) atoms. The van der Waals surface area contributed by atoms with Gasteiger partial charge >= 0.3 is 0 Å². The summed E-state index contributed by atoms with van der Waals surface area (Å²) in [5, 5.41) is 12.3. The molecule has 0 fully saturated rings. The Hall–Kier alpha value is -0.810. The van der Waals surface area contributed by atoms with E-state index in [-0.39, 0.29) is 12.6 Å². The molecule has 0 aliphatic heterocycles. The van der Waals surface area contributed by atoms with Gasteiger partial charge in [0.15, 0.2) is 0 Å². The Morgan fingerprint density at radius 3 is 2.75 bits per heavy atom. The monoisotopic (exact) mass is 241 g/mol. The first-order chi connectivity index (χ1) is 7.65. The highest BCUT2D eigenvalue weighted by molar-refractivity contribution is 7.98. The van der Waals surface area contributed by atoms with Gasteiger partial charge in [-0.1, -0.05) is 0 Å². The van der Waals surface area contributed by atoms with Crippen molar-refractivity contribution in [1.29, 1.82) is 0 Å². The van der Waals surface area contributed by atoms with E-state index >= 15 is 0 Å². The molecule has 1 aromatic rings. The average Bonchev–Trinajstić information content (AvgIpc) is 2.16. The van der Waals surface area contributed by atoms with E-state index in [2.05, 4.69) is 21.5 Å². The second kappa shape index (κ2) is 6.70. The van der Waals surface area contributed by atoms with E-state index in [1.54, 1.807) is 11.8 Å². The van der Waals surface area contributed by atoms with Crippen LogP contribution in [-0.4, -0.2) is 39.7 Å². The van der Waals surface area contributed by atoms with Gasteiger partial charge < -0.3 is 10.4 Å². The molecule has 0 aliphatic carbocycles. The fourth-order valence-corrected chi connectivity index (χ4v) is 2.21. The van der Waals surface area contributed by atoms with E-state index in [1.165, 1.54) is 0 Å². The van der Waals surface area contributed by atoms with Crippen molar-refractivity contribution in [2.24, 2.45) is 0 Å². The van der Waals surface area contributed by atoms with Gasteiger partial charge in [0, 0.05) is 30.2 Å². The lowest BCUT2D eigenvalue weighted by atomic mass is 10.2. The number of hydrogen-bond donors (Lipinski definition) is 2. The molecule has 1 heterocycles. The van der Waals surface area contributed by atoms with Gasteiger partial charge in [0.25, 0.3) is 0 Å². The summed E-state index contributed by atoms with van der Waals surface area (Å²) in [6.45, 7) is 4.03. The summed E-state index contributed by atoms with van der Waals surface area (Å²) < 4.78 is 0. The van der Waals surface area contributed by atoms with Crippen LogP contribution in [0, 0.1) is 13.8 Å². The van der Waals surface area contributed by atoms with Gasteiger partial charge in [-0.2, -0.15) is 11.8 Å². The summed E-state index contributed by atoms with van der Waals surface area (Å²) in [6.07, 6.45) is 2.80. The molecule has 1 rings (SSSR count). The van der Waals surface area contributed by atoms with Gasteiger partial charge in [0.1, 0.15) is 11.6 Å². The number of aliphatic hydroxyl groups excluding tert-OH is 1. The van der Waals surface area contributed by atoms with Gasteiger partial charge in [-0.3, -0.25) is 0 Å². The van der Waals surface area contributed by atoms with Crippen LogP contribution in [0.1, 0.15) is 17.9 Å². The van der Waals surface area contributed by atoms with E-state index in [0.717, 1.165) is 29.5 Å². The summed E-state index contributed by atoms with van der Waals surface area (Å²) in [5.74, 6) is 2.58. The van der Waals surface area contributed by atoms with Crippen molar-refractivity contribution in [2.45, 2.75) is 26.3 Å². The zero-order valence-corrected chi connectivity index (χ0v) is 10.8. The maximum absolute atomic E-state index is 8.97. The van der Waals surface area contributed by atoms with Crippen LogP contribution in [0.5, 0.6) is 0 Å². The topological polar surface area (TPSA) is 58.0 Å². The smallest absolute Gasteiger partial charge is 0.130 e. The number of aliphatic hydroxyl groups is 1. The van der Waals surface area contributed by atoms with Crippen LogP contribution < -0.4 is 5.32 Å². The van der Waals surface area contributed by atoms with Crippen molar-refractivity contribution in [1.82, 2.24) is 9.97 Å². The molecule has 1 atom stereocenters. The van der Waals surface area contributed by atoms with Crippen LogP contribution in [0.3, 0.4) is 0 Å². The van der Waals surface area contributed by atoms with Crippen LogP contribution in [0.4, 0.5) is 5.82 Å². The normalized spacial score (nSPS) is 12.5. The number of nitrogens with zero attached hydrogens (tertiary/aromatic N) is 2. The largest absolute Gasteiger partial charge is 0.396 e. The standard InChI is InChI=1S/C11H19N3OS/c1-8-6-11(13-9(2)12-8)14-10(4-5-15)7-16-3/h6,10,15H,4-5,7H2,1-3H3,(H,12,13,14). The maximum Gasteiger partial charge on any atom is 0.130 e. The van der Waals surface area contributed by atoms with E-state index < -0.39 is 0 Å². The van der Waals surface area contributed by atoms with Gasteiger partial charge in [0.05, 0.1) is 0 Å². The molecule has 0 saturated heterocycles. The number of nitrogens with one attached hydrogen (secondary N) is 1. The van der Waals surface area contributed by atoms with Crippen LogP contribution >= 0.6 is 11.8 Å². The van der Waals surface area contributed by atoms with Crippen molar-refractivity contribution in [3.05, 3.63) is 17.6 Å². The number of rotatable bonds is 6. The Morgan fingerprint density at radius 1 is 1.44 bits per heavy atom. The van der Waals surface area contributed by atoms with Crippen molar-refractivity contribution in [2.75, 3.05) is 23.9 Å². The van der Waals surface area contributed by atoms with Crippen LogP contribution in [0.25, 0.3) is 0 Å². The summed E-state index contributed by atoms with van der Waals surface area (Å²) in [4.78, 5) is 8.55. The molecule has 0 saturated carbocycles. The first-order valence-electron chi connectivity index (χ1n) is 5.34. The third-order valence-electron chi connectivity index (χ3n) is 2.16. The van der Waals surface area contributed by atoms with Gasteiger partial charge in [-0.05, 0) is 26.5 Å². The van der Waals surface area contributed by atoms with Crippen molar-refractivity contribution >= 4 is 17.6 Å². The minimum absolute atomic E-state index is 0.196. The minimum Gasteiger partial charge on any atom is -0.396 e. The second-order valence-corrected chi connectivity index (χ2v) is 4.66. The van der Waals surface area contributed by atoms with Crippen LogP contribution in [0.15, 0.2) is 6.07 Å². The molecule has 1 aromatic heterocycles. The highest BCUT2D eigenvalue weighted by Crippen LogP contribution is 2.11. The number of aryl methyl sites for hydroxylation is 2. The Bertz CT molecular complexity index is 307. The predicted octanol–water partition coefficient (Wildman–Crippen LogP) is 1.62. The molecule has 0 aliphatic rings. The molecule has 90 valence electrons. The lowest BCUT2D eigenvalue weighted by Gasteiger charge is -2.17. The molecule has 0 radical (unpaired) electrons. The van der Waals surface area contributed by atoms with E-state index in [4.69, 9.17) is 5.11 Å². The quantitative estimate of drug-likeness (QED) is 0.792. The van der Waals surface area contributed by atoms with Gasteiger partial charge in [-0.15, -0.1) is 0 Å². The molecule has 1 unspecified atom stereocenters. The molecule has 0 bridgehead atoms. The van der Waals surface area contributed by atoms with Gasteiger partial charge in [0.2, 0.25) is 0 Å². The SMILES string of the molecule is CSCC(CCO)Nc1cc(C)nc(C)n1. The Labute approximate surface area is 101 Å². The molecule has 2 N–H and O–H groups in total. The second-order valence-electron chi connectivity index (χ2n) is 3.75. The number of anilines is 1. The third-order valence-corrected chi connectivity index (χ3v) is 2.90.